The molecule has 1 aromatic carbocycles. The topological polar surface area (TPSA) is 70.7 Å². The molecule has 0 saturated carbocycles. The van der Waals surface area contributed by atoms with Gasteiger partial charge in [0.25, 0.3) is 0 Å². The Labute approximate surface area is 122 Å². The third-order valence-corrected chi connectivity index (χ3v) is 3.43. The monoisotopic (exact) mass is 290 g/mol. The van der Waals surface area contributed by atoms with Gasteiger partial charge in [0, 0.05) is 19.3 Å². The molecular weight excluding hydrogens is 276 g/mol. The summed E-state index contributed by atoms with van der Waals surface area (Å²) in [6, 6.07) is 7.09. The van der Waals surface area contributed by atoms with E-state index in [0.29, 0.717) is 29.2 Å². The van der Waals surface area contributed by atoms with Crippen molar-refractivity contribution in [3.8, 4) is 6.07 Å². The summed E-state index contributed by atoms with van der Waals surface area (Å²) in [6.07, 6.45) is 0.544. The average molecular weight is 291 g/mol. The van der Waals surface area contributed by atoms with Crippen molar-refractivity contribution >= 4 is 28.5 Å². The zero-order valence-corrected chi connectivity index (χ0v) is 12.1. The van der Waals surface area contributed by atoms with Crippen molar-refractivity contribution < 1.29 is 4.79 Å². The molecule has 0 radical (unpaired) electrons. The molecule has 1 atom stereocenters. The number of nitriles is 1. The van der Waals surface area contributed by atoms with Gasteiger partial charge in [-0.2, -0.15) is 5.26 Å². The molecule has 1 unspecified atom stereocenters. The highest BCUT2D eigenvalue weighted by molar-refractivity contribution is 6.18. The van der Waals surface area contributed by atoms with Crippen LogP contribution in [0.5, 0.6) is 0 Å². The van der Waals surface area contributed by atoms with Crippen LogP contribution >= 0.6 is 11.6 Å². The van der Waals surface area contributed by atoms with Crippen molar-refractivity contribution in [1.29, 1.82) is 5.26 Å². The number of halogens is 1. The molecule has 1 aromatic heterocycles. The summed E-state index contributed by atoms with van der Waals surface area (Å²) in [5.41, 5.74) is 1.90. The molecule has 0 aliphatic heterocycles. The highest BCUT2D eigenvalue weighted by atomic mass is 35.5. The van der Waals surface area contributed by atoms with Gasteiger partial charge in [-0.15, -0.1) is 11.6 Å². The summed E-state index contributed by atoms with van der Waals surface area (Å²) in [6.45, 7) is 1.80. The lowest BCUT2D eigenvalue weighted by Gasteiger charge is -2.15. The number of hydrogen-bond acceptors (Lipinski definition) is 3. The number of aromatic nitrogens is 2. The smallest absolute Gasteiger partial charge is 0.242 e. The van der Waals surface area contributed by atoms with Crippen molar-refractivity contribution in [1.82, 2.24) is 14.9 Å². The minimum absolute atomic E-state index is 0.109. The molecule has 6 heteroatoms. The summed E-state index contributed by atoms with van der Waals surface area (Å²) in [7, 11) is 1.60. The number of carbonyl (C=O) groups is 1. The number of fused-ring (bicyclic) bond motifs is 1. The number of rotatable bonds is 4. The molecule has 1 heterocycles. The van der Waals surface area contributed by atoms with Gasteiger partial charge in [-0.1, -0.05) is 6.07 Å². The van der Waals surface area contributed by atoms with Crippen molar-refractivity contribution in [2.24, 2.45) is 0 Å². The number of likely N-dealkylation sites (N-methyl/N-ethyl adjacent to an activating group) is 1. The molecule has 20 heavy (non-hydrogen) atoms. The number of nitrogens with zero attached hydrogens (tertiary/aromatic N) is 3. The Morgan fingerprint density at radius 2 is 2.35 bits per heavy atom. The normalized spacial score (nSPS) is 12.1. The van der Waals surface area contributed by atoms with Crippen LogP contribution in [0, 0.1) is 11.3 Å². The van der Waals surface area contributed by atoms with Gasteiger partial charge in [0.1, 0.15) is 23.5 Å². The van der Waals surface area contributed by atoms with E-state index >= 15 is 0 Å². The first-order valence-corrected chi connectivity index (χ1v) is 6.85. The minimum atomic E-state index is -0.405. The van der Waals surface area contributed by atoms with E-state index in [1.54, 1.807) is 26.1 Å². The second-order valence-corrected chi connectivity index (χ2v) is 4.79. The van der Waals surface area contributed by atoms with Gasteiger partial charge >= 0.3 is 0 Å². The average Bonchev–Trinajstić information content (AvgIpc) is 2.83. The Bertz CT molecular complexity index is 686. The van der Waals surface area contributed by atoms with Gasteiger partial charge in [-0.3, -0.25) is 4.79 Å². The molecular formula is C14H15ClN4O. The van der Waals surface area contributed by atoms with E-state index < -0.39 is 6.04 Å². The molecule has 0 bridgehead atoms. The van der Waals surface area contributed by atoms with Crippen LogP contribution in [0.1, 0.15) is 24.4 Å². The molecule has 0 spiro atoms. The van der Waals surface area contributed by atoms with E-state index in [2.05, 4.69) is 16.4 Å². The fraction of sp³-hybridized carbons (Fsp3) is 0.357. The van der Waals surface area contributed by atoms with Gasteiger partial charge in [0.2, 0.25) is 5.91 Å². The Morgan fingerprint density at radius 3 is 2.95 bits per heavy atom. The zero-order valence-electron chi connectivity index (χ0n) is 11.4. The molecule has 0 aliphatic carbocycles. The zero-order chi connectivity index (χ0) is 14.7. The van der Waals surface area contributed by atoms with Gasteiger partial charge in [0.05, 0.1) is 11.1 Å². The molecule has 5 nitrogen and oxygen atoms in total. The second kappa shape index (κ2) is 5.93. The van der Waals surface area contributed by atoms with Crippen LogP contribution < -0.4 is 5.32 Å². The van der Waals surface area contributed by atoms with Crippen LogP contribution in [0.4, 0.5) is 0 Å². The number of imidazole rings is 1. The molecule has 104 valence electrons. The number of hydrogen-bond donors (Lipinski definition) is 1. The van der Waals surface area contributed by atoms with Crippen molar-refractivity contribution in [3.63, 3.8) is 0 Å². The summed E-state index contributed by atoms with van der Waals surface area (Å²) >= 11 is 5.81. The quantitative estimate of drug-likeness (QED) is 0.876. The van der Waals surface area contributed by atoms with Gasteiger partial charge in [0.15, 0.2) is 0 Å². The number of carbonyl (C=O) groups excluding carboxylic acids is 1. The number of benzene rings is 1. The lowest BCUT2D eigenvalue weighted by Crippen LogP contribution is -2.28. The predicted octanol–water partition coefficient (Wildman–Crippen LogP) is 2.00. The minimum Gasteiger partial charge on any atom is -0.357 e. The van der Waals surface area contributed by atoms with E-state index in [1.165, 1.54) is 0 Å². The number of para-hydroxylation sites is 1. The molecule has 1 amide bonds. The first-order valence-electron chi connectivity index (χ1n) is 6.31. The van der Waals surface area contributed by atoms with E-state index in [0.717, 1.165) is 5.52 Å². The van der Waals surface area contributed by atoms with Crippen LogP contribution in [0.3, 0.4) is 0 Å². The van der Waals surface area contributed by atoms with Crippen molar-refractivity contribution in [3.05, 3.63) is 29.6 Å². The first kappa shape index (κ1) is 14.4. The summed E-state index contributed by atoms with van der Waals surface area (Å²) < 4.78 is 1.84. The van der Waals surface area contributed by atoms with Crippen LogP contribution in [0.2, 0.25) is 0 Å². The molecule has 0 aliphatic rings. The Hall–Kier alpha value is -2.06. The number of amides is 1. The molecule has 1 N–H and O–H groups in total. The third kappa shape index (κ3) is 2.35. The lowest BCUT2D eigenvalue weighted by atomic mass is 10.2. The van der Waals surface area contributed by atoms with Crippen molar-refractivity contribution in [2.75, 3.05) is 12.9 Å². The van der Waals surface area contributed by atoms with E-state index in [-0.39, 0.29) is 5.91 Å². The maximum atomic E-state index is 11.9. The number of nitrogens with one attached hydrogen (secondary N) is 1. The fourth-order valence-electron chi connectivity index (χ4n) is 2.27. The van der Waals surface area contributed by atoms with Gasteiger partial charge in [-0.05, 0) is 19.1 Å². The number of alkyl halides is 1. The van der Waals surface area contributed by atoms with Crippen molar-refractivity contribution in [2.45, 2.75) is 19.4 Å². The van der Waals surface area contributed by atoms with Gasteiger partial charge in [-0.25, -0.2) is 4.98 Å². The standard InChI is InChI=1S/C14H15ClN4O/c1-9(14(20)17-2)19-11-5-3-4-10(8-16)13(11)18-12(19)6-7-15/h3-5,9H,6-7H2,1-2H3,(H,17,20). The van der Waals surface area contributed by atoms with Crippen LogP contribution in [-0.2, 0) is 11.2 Å². The highest BCUT2D eigenvalue weighted by Crippen LogP contribution is 2.24. The third-order valence-electron chi connectivity index (χ3n) is 3.24. The van der Waals surface area contributed by atoms with E-state index in [9.17, 15) is 4.79 Å². The highest BCUT2D eigenvalue weighted by Gasteiger charge is 2.21. The maximum absolute atomic E-state index is 11.9. The van der Waals surface area contributed by atoms with Crippen LogP contribution in [-0.4, -0.2) is 28.4 Å². The summed E-state index contributed by atoms with van der Waals surface area (Å²) in [5.74, 6) is 1.02. The van der Waals surface area contributed by atoms with E-state index in [1.807, 2.05) is 10.6 Å². The Morgan fingerprint density at radius 1 is 1.60 bits per heavy atom. The predicted molar refractivity (Wildman–Crippen MR) is 77.6 cm³/mol. The molecule has 2 aromatic rings. The molecule has 0 saturated heterocycles. The molecule has 2 rings (SSSR count). The maximum Gasteiger partial charge on any atom is 0.242 e. The fourth-order valence-corrected chi connectivity index (χ4v) is 2.44. The summed E-state index contributed by atoms with van der Waals surface area (Å²) in [5, 5.41) is 11.8. The second-order valence-electron chi connectivity index (χ2n) is 4.41. The molecule has 0 fully saturated rings. The van der Waals surface area contributed by atoms with Crippen LogP contribution in [0.25, 0.3) is 11.0 Å². The Balaban J connectivity index is 2.70. The summed E-state index contributed by atoms with van der Waals surface area (Å²) in [4.78, 5) is 16.4. The Kier molecular flexibility index (Phi) is 4.26. The SMILES string of the molecule is CNC(=O)C(C)n1c(CCCl)nc2c(C#N)cccc21. The largest absolute Gasteiger partial charge is 0.357 e. The van der Waals surface area contributed by atoms with E-state index in [4.69, 9.17) is 16.9 Å². The first-order chi connectivity index (χ1) is 9.63. The van der Waals surface area contributed by atoms with Gasteiger partial charge < -0.3 is 9.88 Å². The number of aryl methyl sites for hydroxylation is 1. The lowest BCUT2D eigenvalue weighted by molar-refractivity contribution is -0.123. The van der Waals surface area contributed by atoms with Crippen LogP contribution in [0.15, 0.2) is 18.2 Å².